The van der Waals surface area contributed by atoms with Gasteiger partial charge in [0.15, 0.2) is 0 Å². The summed E-state index contributed by atoms with van der Waals surface area (Å²) in [6, 6.07) is 6.86. The van der Waals surface area contributed by atoms with Crippen LogP contribution in [0.25, 0.3) is 6.08 Å². The maximum absolute atomic E-state index is 11.7. The molecule has 4 heteroatoms. The third-order valence-electron chi connectivity index (χ3n) is 3.10. The van der Waals surface area contributed by atoms with Crippen molar-refractivity contribution >= 4 is 18.0 Å². The zero-order chi connectivity index (χ0) is 15.2. The molecule has 1 amide bonds. The normalized spacial score (nSPS) is 11.4. The van der Waals surface area contributed by atoms with Gasteiger partial charge < -0.3 is 10.1 Å². The molecule has 0 fully saturated rings. The monoisotopic (exact) mass is 275 g/mol. The largest absolute Gasteiger partial charge is 0.465 e. The molecular weight excluding hydrogens is 254 g/mol. The molecule has 0 aliphatic carbocycles. The van der Waals surface area contributed by atoms with Crippen molar-refractivity contribution in [1.82, 2.24) is 5.32 Å². The van der Waals surface area contributed by atoms with E-state index in [1.54, 1.807) is 30.3 Å². The first kappa shape index (κ1) is 16.0. The van der Waals surface area contributed by atoms with E-state index in [-0.39, 0.29) is 17.4 Å². The Bertz CT molecular complexity index is 501. The zero-order valence-corrected chi connectivity index (χ0v) is 12.4. The van der Waals surface area contributed by atoms with Crippen molar-refractivity contribution in [2.24, 2.45) is 0 Å². The Kier molecular flexibility index (Phi) is 5.50. The Hall–Kier alpha value is -2.10. The van der Waals surface area contributed by atoms with Crippen molar-refractivity contribution < 1.29 is 14.3 Å². The van der Waals surface area contributed by atoms with Crippen molar-refractivity contribution in [3.8, 4) is 0 Å². The molecule has 0 aliphatic rings. The molecule has 108 valence electrons. The van der Waals surface area contributed by atoms with Crippen LogP contribution in [0.4, 0.5) is 0 Å². The molecule has 0 saturated carbocycles. The van der Waals surface area contributed by atoms with Gasteiger partial charge in [0, 0.05) is 11.6 Å². The quantitative estimate of drug-likeness (QED) is 0.664. The number of carbonyl (C=O) groups excluding carboxylic acids is 2. The van der Waals surface area contributed by atoms with E-state index in [2.05, 4.69) is 10.1 Å². The number of hydrogen-bond acceptors (Lipinski definition) is 3. The lowest BCUT2D eigenvalue weighted by molar-refractivity contribution is -0.118. The van der Waals surface area contributed by atoms with Crippen LogP contribution >= 0.6 is 0 Å². The molecule has 0 atom stereocenters. The lowest BCUT2D eigenvalue weighted by Crippen LogP contribution is -2.41. The number of methoxy groups -OCH3 is 1. The highest BCUT2D eigenvalue weighted by Crippen LogP contribution is 2.09. The summed E-state index contributed by atoms with van der Waals surface area (Å²) in [7, 11) is 1.34. The van der Waals surface area contributed by atoms with Gasteiger partial charge in [-0.1, -0.05) is 19.1 Å². The number of amides is 1. The predicted octanol–water partition coefficient (Wildman–Crippen LogP) is 2.79. The summed E-state index contributed by atoms with van der Waals surface area (Å²) in [5.74, 6) is -0.503. The lowest BCUT2D eigenvalue weighted by Gasteiger charge is -2.23. The minimum atomic E-state index is -0.372. The van der Waals surface area contributed by atoms with Crippen molar-refractivity contribution in [2.75, 3.05) is 7.11 Å². The standard InChI is InChI=1S/C16H21NO3/c1-5-16(2,3)17-14(18)11-8-12-6-9-13(10-7-12)15(19)20-4/h6-11H,5H2,1-4H3,(H,17,18)/b11-8+. The SMILES string of the molecule is CCC(C)(C)NC(=O)/C=C/c1ccc(C(=O)OC)cc1. The molecule has 0 radical (unpaired) electrons. The van der Waals surface area contributed by atoms with Crippen LogP contribution in [0.5, 0.6) is 0 Å². The molecule has 0 aliphatic heterocycles. The van der Waals surface area contributed by atoms with E-state index in [0.29, 0.717) is 5.56 Å². The molecule has 0 unspecified atom stereocenters. The summed E-state index contributed by atoms with van der Waals surface area (Å²) in [6.45, 7) is 5.98. The summed E-state index contributed by atoms with van der Waals surface area (Å²) in [4.78, 5) is 23.0. The van der Waals surface area contributed by atoms with Gasteiger partial charge in [-0.3, -0.25) is 4.79 Å². The van der Waals surface area contributed by atoms with Crippen LogP contribution < -0.4 is 5.32 Å². The van der Waals surface area contributed by atoms with E-state index in [9.17, 15) is 9.59 Å². The maximum Gasteiger partial charge on any atom is 0.337 e. The van der Waals surface area contributed by atoms with Gasteiger partial charge in [0.25, 0.3) is 0 Å². The summed E-state index contributed by atoms with van der Waals surface area (Å²) < 4.78 is 4.62. The third-order valence-corrected chi connectivity index (χ3v) is 3.10. The molecule has 1 N–H and O–H groups in total. The Labute approximate surface area is 119 Å². The number of benzene rings is 1. The van der Waals surface area contributed by atoms with E-state index in [1.165, 1.54) is 13.2 Å². The molecular formula is C16H21NO3. The molecule has 4 nitrogen and oxygen atoms in total. The molecule has 1 aromatic rings. The second kappa shape index (κ2) is 6.89. The van der Waals surface area contributed by atoms with Crippen LogP contribution in [-0.2, 0) is 9.53 Å². The fraction of sp³-hybridized carbons (Fsp3) is 0.375. The van der Waals surface area contributed by atoms with Crippen molar-refractivity contribution in [3.05, 3.63) is 41.5 Å². The maximum atomic E-state index is 11.7. The van der Waals surface area contributed by atoms with Gasteiger partial charge in [0.1, 0.15) is 0 Å². The van der Waals surface area contributed by atoms with E-state index in [0.717, 1.165) is 12.0 Å². The molecule has 0 spiro atoms. The highest BCUT2D eigenvalue weighted by Gasteiger charge is 2.15. The first-order valence-electron chi connectivity index (χ1n) is 6.56. The number of nitrogens with one attached hydrogen (secondary N) is 1. The highest BCUT2D eigenvalue weighted by molar-refractivity contribution is 5.92. The highest BCUT2D eigenvalue weighted by atomic mass is 16.5. The second-order valence-corrected chi connectivity index (χ2v) is 5.17. The second-order valence-electron chi connectivity index (χ2n) is 5.17. The summed E-state index contributed by atoms with van der Waals surface area (Å²) in [5.41, 5.74) is 1.12. The molecule has 0 aromatic heterocycles. The predicted molar refractivity (Wildman–Crippen MR) is 79.3 cm³/mol. The van der Waals surface area contributed by atoms with E-state index in [4.69, 9.17) is 0 Å². The third kappa shape index (κ3) is 4.88. The number of esters is 1. The Morgan fingerprint density at radius 2 is 1.85 bits per heavy atom. The number of ether oxygens (including phenoxy) is 1. The van der Waals surface area contributed by atoms with Crippen LogP contribution in [-0.4, -0.2) is 24.5 Å². The minimum absolute atomic E-state index is 0.131. The average Bonchev–Trinajstić information content (AvgIpc) is 2.44. The lowest BCUT2D eigenvalue weighted by atomic mass is 10.0. The van der Waals surface area contributed by atoms with Crippen LogP contribution in [0.2, 0.25) is 0 Å². The van der Waals surface area contributed by atoms with Crippen molar-refractivity contribution in [3.63, 3.8) is 0 Å². The van der Waals surface area contributed by atoms with Crippen LogP contribution in [0.15, 0.2) is 30.3 Å². The molecule has 1 aromatic carbocycles. The van der Waals surface area contributed by atoms with Crippen LogP contribution in [0.3, 0.4) is 0 Å². The fourth-order valence-electron chi connectivity index (χ4n) is 1.48. The number of rotatable bonds is 5. The van der Waals surface area contributed by atoms with Crippen LogP contribution in [0.1, 0.15) is 43.1 Å². The van der Waals surface area contributed by atoms with Crippen molar-refractivity contribution in [2.45, 2.75) is 32.7 Å². The topological polar surface area (TPSA) is 55.4 Å². The molecule has 0 bridgehead atoms. The summed E-state index contributed by atoms with van der Waals surface area (Å²) in [5, 5.41) is 2.92. The number of carbonyl (C=O) groups is 2. The zero-order valence-electron chi connectivity index (χ0n) is 12.4. The first-order chi connectivity index (χ1) is 9.38. The van der Waals surface area contributed by atoms with E-state index < -0.39 is 0 Å². The fourth-order valence-corrected chi connectivity index (χ4v) is 1.48. The van der Waals surface area contributed by atoms with Gasteiger partial charge in [0.2, 0.25) is 5.91 Å². The molecule has 0 saturated heterocycles. The molecule has 20 heavy (non-hydrogen) atoms. The molecule has 0 heterocycles. The summed E-state index contributed by atoms with van der Waals surface area (Å²) in [6.07, 6.45) is 4.06. The number of hydrogen-bond donors (Lipinski definition) is 1. The average molecular weight is 275 g/mol. The van der Waals surface area contributed by atoms with Gasteiger partial charge in [-0.05, 0) is 44.0 Å². The van der Waals surface area contributed by atoms with Gasteiger partial charge in [-0.25, -0.2) is 4.79 Å². The van der Waals surface area contributed by atoms with Gasteiger partial charge >= 0.3 is 5.97 Å². The Morgan fingerprint density at radius 1 is 1.25 bits per heavy atom. The van der Waals surface area contributed by atoms with Gasteiger partial charge in [0.05, 0.1) is 12.7 Å². The van der Waals surface area contributed by atoms with E-state index >= 15 is 0 Å². The van der Waals surface area contributed by atoms with Gasteiger partial charge in [-0.2, -0.15) is 0 Å². The smallest absolute Gasteiger partial charge is 0.337 e. The Morgan fingerprint density at radius 3 is 2.35 bits per heavy atom. The molecule has 1 rings (SSSR count). The summed E-state index contributed by atoms with van der Waals surface area (Å²) >= 11 is 0. The van der Waals surface area contributed by atoms with Crippen LogP contribution in [0, 0.1) is 0 Å². The van der Waals surface area contributed by atoms with Crippen molar-refractivity contribution in [1.29, 1.82) is 0 Å². The minimum Gasteiger partial charge on any atom is -0.465 e. The Balaban J connectivity index is 2.67. The van der Waals surface area contributed by atoms with E-state index in [1.807, 2.05) is 20.8 Å². The first-order valence-corrected chi connectivity index (χ1v) is 6.56. The van der Waals surface area contributed by atoms with Gasteiger partial charge in [-0.15, -0.1) is 0 Å².